The molecule has 0 amide bonds. The minimum Gasteiger partial charge on any atom is -0.312 e. The third kappa shape index (κ3) is 8.34. The summed E-state index contributed by atoms with van der Waals surface area (Å²) < 4.78 is 0. The highest BCUT2D eigenvalue weighted by atomic mass is 15.1. The van der Waals surface area contributed by atoms with Gasteiger partial charge >= 0.3 is 0 Å². The minimum atomic E-state index is 0.253. The van der Waals surface area contributed by atoms with E-state index in [9.17, 15) is 0 Å². The largest absolute Gasteiger partial charge is 0.312 e. The third-order valence-electron chi connectivity index (χ3n) is 3.50. The maximum absolute atomic E-state index is 3.55. The van der Waals surface area contributed by atoms with Crippen molar-refractivity contribution in [2.75, 3.05) is 19.6 Å². The summed E-state index contributed by atoms with van der Waals surface area (Å²) >= 11 is 0. The molecule has 0 saturated carbocycles. The van der Waals surface area contributed by atoms with Crippen molar-refractivity contribution in [2.45, 2.75) is 59.0 Å². The molecule has 1 N–H and O–H groups in total. The van der Waals surface area contributed by atoms with E-state index in [4.69, 9.17) is 0 Å². The van der Waals surface area contributed by atoms with Crippen LogP contribution >= 0.6 is 0 Å². The fraction of sp³-hybridized carbons (Fsp3) is 0.667. The fourth-order valence-electron chi connectivity index (χ4n) is 2.29. The molecular weight excluding hydrogens is 244 g/mol. The van der Waals surface area contributed by atoms with E-state index in [0.717, 1.165) is 19.6 Å². The van der Waals surface area contributed by atoms with Gasteiger partial charge in [0.15, 0.2) is 0 Å². The molecule has 0 aliphatic heterocycles. The molecule has 0 aliphatic carbocycles. The first kappa shape index (κ1) is 17.2. The SMILES string of the molecule is CCN(CCCCCNC(C)(C)C)Cc1ccccc1. The van der Waals surface area contributed by atoms with Crippen LogP contribution in [0.15, 0.2) is 30.3 Å². The van der Waals surface area contributed by atoms with Crippen molar-refractivity contribution in [3.05, 3.63) is 35.9 Å². The van der Waals surface area contributed by atoms with E-state index in [-0.39, 0.29) is 5.54 Å². The van der Waals surface area contributed by atoms with Gasteiger partial charge in [-0.15, -0.1) is 0 Å². The molecule has 0 unspecified atom stereocenters. The molecule has 0 bridgehead atoms. The summed E-state index contributed by atoms with van der Waals surface area (Å²) in [4.78, 5) is 2.53. The molecule has 0 atom stereocenters. The molecule has 0 saturated heterocycles. The van der Waals surface area contributed by atoms with E-state index in [1.54, 1.807) is 0 Å². The smallest absolute Gasteiger partial charge is 0.0233 e. The zero-order valence-corrected chi connectivity index (χ0v) is 13.8. The predicted molar refractivity (Wildman–Crippen MR) is 89.0 cm³/mol. The van der Waals surface area contributed by atoms with Crippen LogP contribution in [-0.2, 0) is 6.54 Å². The Balaban J connectivity index is 2.13. The molecule has 20 heavy (non-hydrogen) atoms. The van der Waals surface area contributed by atoms with Crippen molar-refractivity contribution in [3.8, 4) is 0 Å². The molecule has 2 nitrogen and oxygen atoms in total. The number of hydrogen-bond donors (Lipinski definition) is 1. The molecule has 1 aromatic rings. The zero-order valence-electron chi connectivity index (χ0n) is 13.8. The Kier molecular flexibility index (Phi) is 7.86. The Labute approximate surface area is 125 Å². The molecule has 0 aliphatic rings. The monoisotopic (exact) mass is 276 g/mol. The lowest BCUT2D eigenvalue weighted by Gasteiger charge is -2.22. The lowest BCUT2D eigenvalue weighted by molar-refractivity contribution is 0.272. The van der Waals surface area contributed by atoms with Crippen molar-refractivity contribution in [1.82, 2.24) is 10.2 Å². The minimum absolute atomic E-state index is 0.253. The summed E-state index contributed by atoms with van der Waals surface area (Å²) in [7, 11) is 0. The van der Waals surface area contributed by atoms with Crippen LogP contribution in [0.3, 0.4) is 0 Å². The first-order valence-electron chi connectivity index (χ1n) is 8.02. The van der Waals surface area contributed by atoms with Crippen LogP contribution < -0.4 is 5.32 Å². The van der Waals surface area contributed by atoms with Crippen LogP contribution in [0, 0.1) is 0 Å². The van der Waals surface area contributed by atoms with Gasteiger partial charge in [0, 0.05) is 12.1 Å². The van der Waals surface area contributed by atoms with E-state index in [1.807, 2.05) is 0 Å². The molecule has 0 spiro atoms. The summed E-state index contributed by atoms with van der Waals surface area (Å²) in [5.41, 5.74) is 1.67. The summed E-state index contributed by atoms with van der Waals surface area (Å²) in [5, 5.41) is 3.55. The van der Waals surface area contributed by atoms with Crippen LogP contribution in [0.1, 0.15) is 52.5 Å². The van der Waals surface area contributed by atoms with E-state index >= 15 is 0 Å². The van der Waals surface area contributed by atoms with Crippen molar-refractivity contribution < 1.29 is 0 Å². The molecule has 0 heterocycles. The molecule has 1 aromatic carbocycles. The second kappa shape index (κ2) is 9.15. The highest BCUT2D eigenvalue weighted by molar-refractivity contribution is 5.14. The molecule has 0 radical (unpaired) electrons. The van der Waals surface area contributed by atoms with Crippen LogP contribution in [0.25, 0.3) is 0 Å². The van der Waals surface area contributed by atoms with Crippen LogP contribution in [0.5, 0.6) is 0 Å². The van der Waals surface area contributed by atoms with Gasteiger partial charge in [-0.2, -0.15) is 0 Å². The van der Waals surface area contributed by atoms with Gasteiger partial charge in [0.25, 0.3) is 0 Å². The van der Waals surface area contributed by atoms with Gasteiger partial charge in [-0.25, -0.2) is 0 Å². The predicted octanol–water partition coefficient (Wildman–Crippen LogP) is 4.07. The first-order valence-corrected chi connectivity index (χ1v) is 8.02. The molecule has 0 fully saturated rings. The van der Waals surface area contributed by atoms with Crippen LogP contribution in [-0.4, -0.2) is 30.1 Å². The third-order valence-corrected chi connectivity index (χ3v) is 3.50. The van der Waals surface area contributed by atoms with Crippen molar-refractivity contribution >= 4 is 0 Å². The Morgan fingerprint density at radius 3 is 2.30 bits per heavy atom. The van der Waals surface area contributed by atoms with E-state index in [2.05, 4.69) is 68.2 Å². The average Bonchev–Trinajstić information content (AvgIpc) is 2.41. The Hall–Kier alpha value is -0.860. The number of hydrogen-bond acceptors (Lipinski definition) is 2. The quantitative estimate of drug-likeness (QED) is 0.684. The van der Waals surface area contributed by atoms with Gasteiger partial charge in [0.2, 0.25) is 0 Å². The molecule has 114 valence electrons. The van der Waals surface area contributed by atoms with Gasteiger partial charge in [-0.3, -0.25) is 4.90 Å². The number of benzene rings is 1. The van der Waals surface area contributed by atoms with Gasteiger partial charge < -0.3 is 5.32 Å². The summed E-state index contributed by atoms with van der Waals surface area (Å²) in [6.45, 7) is 13.5. The van der Waals surface area contributed by atoms with Gasteiger partial charge in [-0.05, 0) is 58.8 Å². The topological polar surface area (TPSA) is 15.3 Å². The number of nitrogens with one attached hydrogen (secondary N) is 1. The Bertz CT molecular complexity index is 340. The average molecular weight is 276 g/mol. The zero-order chi connectivity index (χ0) is 14.8. The lowest BCUT2D eigenvalue weighted by Crippen LogP contribution is -2.36. The Morgan fingerprint density at radius 1 is 1.00 bits per heavy atom. The Morgan fingerprint density at radius 2 is 1.70 bits per heavy atom. The first-order chi connectivity index (χ1) is 9.51. The van der Waals surface area contributed by atoms with Crippen molar-refractivity contribution in [1.29, 1.82) is 0 Å². The fourth-order valence-corrected chi connectivity index (χ4v) is 2.29. The van der Waals surface area contributed by atoms with Crippen LogP contribution in [0.2, 0.25) is 0 Å². The van der Waals surface area contributed by atoms with Crippen molar-refractivity contribution in [3.63, 3.8) is 0 Å². The van der Waals surface area contributed by atoms with E-state index in [0.29, 0.717) is 0 Å². The van der Waals surface area contributed by atoms with Crippen LogP contribution in [0.4, 0.5) is 0 Å². The lowest BCUT2D eigenvalue weighted by atomic mass is 10.1. The summed E-state index contributed by atoms with van der Waals surface area (Å²) in [5.74, 6) is 0. The van der Waals surface area contributed by atoms with E-state index in [1.165, 1.54) is 31.4 Å². The highest BCUT2D eigenvalue weighted by Crippen LogP contribution is 2.06. The summed E-state index contributed by atoms with van der Waals surface area (Å²) in [6.07, 6.45) is 3.89. The number of nitrogens with zero attached hydrogens (tertiary/aromatic N) is 1. The summed E-state index contributed by atoms with van der Waals surface area (Å²) in [6, 6.07) is 10.8. The second-order valence-electron chi connectivity index (χ2n) is 6.59. The number of unbranched alkanes of at least 4 members (excludes halogenated alkanes) is 2. The molecule has 2 heteroatoms. The molecule has 0 aromatic heterocycles. The van der Waals surface area contributed by atoms with Gasteiger partial charge in [-0.1, -0.05) is 43.7 Å². The number of rotatable bonds is 9. The van der Waals surface area contributed by atoms with E-state index < -0.39 is 0 Å². The normalized spacial score (nSPS) is 12.1. The molecule has 1 rings (SSSR count). The van der Waals surface area contributed by atoms with Gasteiger partial charge in [0.1, 0.15) is 0 Å². The second-order valence-corrected chi connectivity index (χ2v) is 6.59. The highest BCUT2D eigenvalue weighted by Gasteiger charge is 2.07. The maximum atomic E-state index is 3.55. The maximum Gasteiger partial charge on any atom is 0.0233 e. The molecular formula is C18H32N2. The standard InChI is InChI=1S/C18H32N2/c1-5-20(16-17-12-8-6-9-13-17)15-11-7-10-14-19-18(2,3)4/h6,8-9,12-13,19H,5,7,10-11,14-16H2,1-4H3. The van der Waals surface area contributed by atoms with Crippen molar-refractivity contribution in [2.24, 2.45) is 0 Å². The van der Waals surface area contributed by atoms with Gasteiger partial charge in [0.05, 0.1) is 0 Å².